The van der Waals surface area contributed by atoms with Gasteiger partial charge in [-0.3, -0.25) is 4.90 Å². The molecule has 0 bridgehead atoms. The highest BCUT2D eigenvalue weighted by atomic mass is 32.1. The molecule has 11 heteroatoms. The van der Waals surface area contributed by atoms with Crippen molar-refractivity contribution >= 4 is 22.4 Å². The Bertz CT molecular complexity index is 1120. The summed E-state index contributed by atoms with van der Waals surface area (Å²) in [6.07, 6.45) is 11.8. The van der Waals surface area contributed by atoms with Gasteiger partial charge in [-0.15, -0.1) is 0 Å². The minimum atomic E-state index is 0.186. The van der Waals surface area contributed by atoms with E-state index in [1.54, 1.807) is 12.4 Å². The van der Waals surface area contributed by atoms with E-state index in [-0.39, 0.29) is 6.10 Å². The second-order valence-electron chi connectivity index (χ2n) is 9.44. The van der Waals surface area contributed by atoms with Gasteiger partial charge in [0.2, 0.25) is 5.95 Å². The van der Waals surface area contributed by atoms with Gasteiger partial charge in [0.15, 0.2) is 5.13 Å². The number of hydrogen-bond acceptors (Lipinski definition) is 11. The summed E-state index contributed by atoms with van der Waals surface area (Å²) in [5.41, 5.74) is 2.28. The topological polar surface area (TPSA) is 107 Å². The summed E-state index contributed by atoms with van der Waals surface area (Å²) in [4.78, 5) is 25.6. The van der Waals surface area contributed by atoms with Crippen LogP contribution in [0.3, 0.4) is 0 Å². The van der Waals surface area contributed by atoms with Gasteiger partial charge < -0.3 is 19.5 Å². The molecule has 35 heavy (non-hydrogen) atoms. The first kappa shape index (κ1) is 22.7. The van der Waals surface area contributed by atoms with E-state index in [9.17, 15) is 0 Å². The number of thiazole rings is 1. The molecule has 184 valence electrons. The molecule has 3 aromatic heterocycles. The number of aromatic nitrogens is 5. The van der Waals surface area contributed by atoms with Crippen LogP contribution in [0.4, 0.5) is 11.1 Å². The summed E-state index contributed by atoms with van der Waals surface area (Å²) in [5.74, 6) is 0.523. The summed E-state index contributed by atoms with van der Waals surface area (Å²) in [7, 11) is 0. The van der Waals surface area contributed by atoms with Gasteiger partial charge in [0.05, 0.1) is 23.8 Å². The normalized spacial score (nSPS) is 20.5. The highest BCUT2D eigenvalue weighted by Gasteiger charge is 2.46. The first-order valence-corrected chi connectivity index (χ1v) is 13.0. The molecule has 2 saturated heterocycles. The maximum absolute atomic E-state index is 6.08. The fourth-order valence-electron chi connectivity index (χ4n) is 4.95. The second-order valence-corrected chi connectivity index (χ2v) is 10.5. The molecule has 1 N–H and O–H groups in total. The molecule has 1 spiro atoms. The van der Waals surface area contributed by atoms with Crippen molar-refractivity contribution in [2.45, 2.75) is 38.3 Å². The number of rotatable bonds is 7. The Morgan fingerprint density at radius 3 is 2.57 bits per heavy atom. The molecule has 0 radical (unpaired) electrons. The van der Waals surface area contributed by atoms with Crippen molar-refractivity contribution in [3.8, 4) is 16.6 Å². The summed E-state index contributed by atoms with van der Waals surface area (Å²) in [5, 5.41) is 3.90. The average molecular weight is 496 g/mol. The highest BCUT2D eigenvalue weighted by Crippen LogP contribution is 2.49. The number of anilines is 2. The highest BCUT2D eigenvalue weighted by molar-refractivity contribution is 7.18. The first-order valence-electron chi connectivity index (χ1n) is 12.1. The Kier molecular flexibility index (Phi) is 6.55. The summed E-state index contributed by atoms with van der Waals surface area (Å²) < 4.78 is 17.0. The van der Waals surface area contributed by atoms with Gasteiger partial charge in [0.1, 0.15) is 6.10 Å². The molecule has 5 heterocycles. The van der Waals surface area contributed by atoms with Gasteiger partial charge in [-0.2, -0.15) is 4.98 Å². The van der Waals surface area contributed by atoms with E-state index in [2.05, 4.69) is 35.1 Å². The SMILES string of the molecule is c1cc(-c2cnc(Nc3ncc(CN4CCOCC4)cn3)s2)nc(OC2CC3(CCOCC3)C2)n1. The van der Waals surface area contributed by atoms with E-state index >= 15 is 0 Å². The van der Waals surface area contributed by atoms with Crippen LogP contribution in [0.5, 0.6) is 6.01 Å². The lowest BCUT2D eigenvalue weighted by Crippen LogP contribution is -2.47. The van der Waals surface area contributed by atoms with Crippen LogP contribution in [0.2, 0.25) is 0 Å². The van der Waals surface area contributed by atoms with Crippen molar-refractivity contribution in [3.05, 3.63) is 36.4 Å². The molecule has 1 saturated carbocycles. The second kappa shape index (κ2) is 10.1. The van der Waals surface area contributed by atoms with Crippen LogP contribution < -0.4 is 10.1 Å². The lowest BCUT2D eigenvalue weighted by molar-refractivity contribution is -0.0880. The van der Waals surface area contributed by atoms with Crippen molar-refractivity contribution in [2.75, 3.05) is 44.8 Å². The molecular formula is C24H29N7O3S. The van der Waals surface area contributed by atoms with E-state index < -0.39 is 0 Å². The van der Waals surface area contributed by atoms with Crippen LogP contribution in [0, 0.1) is 5.41 Å². The monoisotopic (exact) mass is 495 g/mol. The van der Waals surface area contributed by atoms with Crippen molar-refractivity contribution in [3.63, 3.8) is 0 Å². The van der Waals surface area contributed by atoms with Crippen molar-refractivity contribution in [2.24, 2.45) is 5.41 Å². The van der Waals surface area contributed by atoms with Crippen LogP contribution in [0.25, 0.3) is 10.6 Å². The van der Waals surface area contributed by atoms with Crippen LogP contribution >= 0.6 is 11.3 Å². The smallest absolute Gasteiger partial charge is 0.317 e. The Balaban J connectivity index is 1.04. The molecule has 3 fully saturated rings. The standard InChI is InChI=1S/C24H29N7O3S/c1-4-25-22(34-18-11-24(12-18)2-7-32-8-3-24)29-19(1)20-15-28-23(35-20)30-21-26-13-17(14-27-21)16-31-5-9-33-10-6-31/h1,4,13-15,18H,2-3,5-12,16H2,(H,26,27,28,30). The third-order valence-corrected chi connectivity index (χ3v) is 7.91. The summed E-state index contributed by atoms with van der Waals surface area (Å²) >= 11 is 1.49. The molecule has 3 aromatic rings. The van der Waals surface area contributed by atoms with Crippen LogP contribution in [-0.2, 0) is 16.0 Å². The van der Waals surface area contributed by atoms with E-state index in [4.69, 9.17) is 14.2 Å². The average Bonchev–Trinajstić information content (AvgIpc) is 3.34. The zero-order chi connectivity index (χ0) is 23.5. The fourth-order valence-corrected chi connectivity index (χ4v) is 5.73. The molecule has 2 aliphatic heterocycles. The molecule has 0 amide bonds. The lowest BCUT2D eigenvalue weighted by Gasteiger charge is -2.49. The lowest BCUT2D eigenvalue weighted by atomic mass is 9.62. The Morgan fingerprint density at radius 1 is 1.00 bits per heavy atom. The van der Waals surface area contributed by atoms with Crippen LogP contribution in [0.1, 0.15) is 31.2 Å². The number of hydrogen-bond donors (Lipinski definition) is 1. The maximum atomic E-state index is 6.08. The third kappa shape index (κ3) is 5.43. The molecule has 1 aliphatic carbocycles. The third-order valence-electron chi connectivity index (χ3n) is 6.97. The van der Waals surface area contributed by atoms with Gasteiger partial charge in [-0.05, 0) is 37.2 Å². The zero-order valence-corrected chi connectivity index (χ0v) is 20.4. The predicted octanol–water partition coefficient (Wildman–Crippen LogP) is 3.30. The molecule has 0 atom stereocenters. The number of morpholine rings is 1. The number of nitrogens with zero attached hydrogens (tertiary/aromatic N) is 6. The largest absolute Gasteiger partial charge is 0.460 e. The quantitative estimate of drug-likeness (QED) is 0.524. The van der Waals surface area contributed by atoms with Crippen LogP contribution in [0.15, 0.2) is 30.9 Å². The van der Waals surface area contributed by atoms with E-state index in [1.807, 2.05) is 18.5 Å². The maximum Gasteiger partial charge on any atom is 0.317 e. The van der Waals surface area contributed by atoms with Gasteiger partial charge in [-0.25, -0.2) is 19.9 Å². The molecular weight excluding hydrogens is 466 g/mol. The van der Waals surface area contributed by atoms with Gasteiger partial charge in [-0.1, -0.05) is 11.3 Å². The fraction of sp³-hybridized carbons (Fsp3) is 0.542. The Labute approximate surface area is 208 Å². The number of nitrogens with one attached hydrogen (secondary N) is 1. The molecule has 6 rings (SSSR count). The molecule has 10 nitrogen and oxygen atoms in total. The Hall–Kier alpha value is -2.73. The van der Waals surface area contributed by atoms with E-state index in [1.165, 1.54) is 11.3 Å². The Morgan fingerprint density at radius 2 is 1.77 bits per heavy atom. The number of ether oxygens (including phenoxy) is 3. The van der Waals surface area contributed by atoms with Crippen molar-refractivity contribution < 1.29 is 14.2 Å². The van der Waals surface area contributed by atoms with Gasteiger partial charge in [0.25, 0.3) is 0 Å². The molecule has 0 aromatic carbocycles. The van der Waals surface area contributed by atoms with Gasteiger partial charge >= 0.3 is 6.01 Å². The summed E-state index contributed by atoms with van der Waals surface area (Å²) in [6, 6.07) is 2.30. The van der Waals surface area contributed by atoms with Crippen molar-refractivity contribution in [1.82, 2.24) is 29.8 Å². The summed E-state index contributed by atoms with van der Waals surface area (Å²) in [6.45, 7) is 6.00. The van der Waals surface area contributed by atoms with Crippen molar-refractivity contribution in [1.29, 1.82) is 0 Å². The van der Waals surface area contributed by atoms with E-state index in [0.29, 0.717) is 22.5 Å². The minimum Gasteiger partial charge on any atom is -0.460 e. The van der Waals surface area contributed by atoms with Gasteiger partial charge in [0, 0.05) is 63.2 Å². The zero-order valence-electron chi connectivity index (χ0n) is 19.6. The predicted molar refractivity (Wildman–Crippen MR) is 131 cm³/mol. The first-order chi connectivity index (χ1) is 17.2. The minimum absolute atomic E-state index is 0.186. The molecule has 0 unspecified atom stereocenters. The van der Waals surface area contributed by atoms with Crippen LogP contribution in [-0.4, -0.2) is 75.4 Å². The van der Waals surface area contributed by atoms with E-state index in [0.717, 1.165) is 87.9 Å². The molecule has 3 aliphatic rings.